The topological polar surface area (TPSA) is 83.9 Å². The Labute approximate surface area is 178 Å². The maximum atomic E-state index is 11.1. The van der Waals surface area contributed by atoms with Crippen molar-refractivity contribution in [1.29, 1.82) is 0 Å². The van der Waals surface area contributed by atoms with Crippen LogP contribution in [0, 0.1) is 0 Å². The summed E-state index contributed by atoms with van der Waals surface area (Å²) >= 11 is 3.26. The lowest BCUT2D eigenvalue weighted by Crippen LogP contribution is -2.13. The van der Waals surface area contributed by atoms with Crippen LogP contribution in [-0.4, -0.2) is 40.7 Å². The molecule has 2 aromatic rings. The average molecular weight is 434 g/mol. The number of benzene rings is 1. The van der Waals surface area contributed by atoms with Gasteiger partial charge in [0.1, 0.15) is 10.8 Å². The highest BCUT2D eigenvalue weighted by Gasteiger charge is 2.26. The Morgan fingerprint density at radius 3 is 2.90 bits per heavy atom. The number of nitrogens with one attached hydrogen (secondary N) is 1. The Balaban J connectivity index is 1.36. The van der Waals surface area contributed by atoms with Gasteiger partial charge in [0, 0.05) is 30.7 Å². The molecule has 2 N–H and O–H groups in total. The van der Waals surface area contributed by atoms with Crippen molar-refractivity contribution in [3.8, 4) is 5.75 Å². The van der Waals surface area contributed by atoms with Crippen LogP contribution in [-0.2, 0) is 17.8 Å². The number of hydrogen-bond acceptors (Lipinski definition) is 8. The number of anilines is 1. The smallest absolute Gasteiger partial charge is 0.335 e. The third kappa shape index (κ3) is 4.42. The van der Waals surface area contributed by atoms with E-state index in [2.05, 4.69) is 15.1 Å². The van der Waals surface area contributed by atoms with Crippen LogP contribution in [0.4, 0.5) is 5.69 Å². The van der Waals surface area contributed by atoms with Gasteiger partial charge < -0.3 is 19.3 Å². The molecule has 0 amide bonds. The van der Waals surface area contributed by atoms with Crippen molar-refractivity contribution in [2.24, 2.45) is 0 Å². The van der Waals surface area contributed by atoms with Crippen molar-refractivity contribution < 1.29 is 19.4 Å². The molecule has 1 atom stereocenters. The number of nitrogens with zero attached hydrogens (tertiary/aromatic N) is 2. The fraction of sp³-hybridized carbons (Fsp3) is 0.400. The lowest BCUT2D eigenvalue weighted by atomic mass is 9.97. The standard InChI is InChI=1S/C20H23N3O4S2/c1-26-14-6-3-12(4-7-14)19-21-16-10-23(11-18(16)28-19)29-22-15-8-5-13(20(24)25)9-17(15)27-2/h3,5,8-9,14,22H,4,6-7,10-11H2,1-2H3,(H,24,25). The monoisotopic (exact) mass is 433 g/mol. The van der Waals surface area contributed by atoms with Gasteiger partial charge in [-0.25, -0.2) is 14.1 Å². The van der Waals surface area contributed by atoms with Crippen LogP contribution >= 0.6 is 23.5 Å². The highest BCUT2D eigenvalue weighted by atomic mass is 32.2. The van der Waals surface area contributed by atoms with Gasteiger partial charge in [0.05, 0.1) is 36.7 Å². The normalized spacial score (nSPS) is 19.0. The van der Waals surface area contributed by atoms with E-state index in [4.69, 9.17) is 19.6 Å². The molecule has 1 aromatic heterocycles. The molecule has 1 aliphatic heterocycles. The van der Waals surface area contributed by atoms with Crippen LogP contribution < -0.4 is 9.46 Å². The summed E-state index contributed by atoms with van der Waals surface area (Å²) in [4.78, 5) is 17.3. The Bertz CT molecular complexity index is 920. The van der Waals surface area contributed by atoms with E-state index in [1.54, 1.807) is 30.6 Å². The third-order valence-electron chi connectivity index (χ3n) is 5.13. The number of methoxy groups -OCH3 is 2. The van der Waals surface area contributed by atoms with Gasteiger partial charge in [-0.05, 0) is 43.0 Å². The molecule has 4 rings (SSSR count). The highest BCUT2D eigenvalue weighted by molar-refractivity contribution is 7.98. The van der Waals surface area contributed by atoms with Crippen LogP contribution in [0.2, 0.25) is 0 Å². The average Bonchev–Trinajstić information content (AvgIpc) is 3.31. The summed E-state index contributed by atoms with van der Waals surface area (Å²) in [6.45, 7) is 1.60. The first-order valence-electron chi connectivity index (χ1n) is 9.37. The second-order valence-corrected chi connectivity index (χ2v) is 8.95. The van der Waals surface area contributed by atoms with Gasteiger partial charge in [0.15, 0.2) is 0 Å². The summed E-state index contributed by atoms with van der Waals surface area (Å²) in [6, 6.07) is 4.81. The van der Waals surface area contributed by atoms with Crippen molar-refractivity contribution in [3.05, 3.63) is 45.4 Å². The molecule has 154 valence electrons. The summed E-state index contributed by atoms with van der Waals surface area (Å²) in [7, 11) is 3.31. The van der Waals surface area contributed by atoms with Crippen molar-refractivity contribution in [2.75, 3.05) is 18.9 Å². The molecule has 29 heavy (non-hydrogen) atoms. The summed E-state index contributed by atoms with van der Waals surface area (Å²) in [5.74, 6) is -0.468. The van der Waals surface area contributed by atoms with Crippen LogP contribution in [0.3, 0.4) is 0 Å². The number of allylic oxidation sites excluding steroid dienone is 1. The Morgan fingerprint density at radius 1 is 1.38 bits per heavy atom. The van der Waals surface area contributed by atoms with E-state index in [0.29, 0.717) is 11.9 Å². The first kappa shape index (κ1) is 20.2. The van der Waals surface area contributed by atoms with E-state index >= 15 is 0 Å². The molecule has 1 unspecified atom stereocenters. The van der Waals surface area contributed by atoms with Crippen LogP contribution in [0.1, 0.15) is 45.2 Å². The molecule has 0 fully saturated rings. The van der Waals surface area contributed by atoms with E-state index in [9.17, 15) is 4.79 Å². The van der Waals surface area contributed by atoms with Gasteiger partial charge in [-0.2, -0.15) is 0 Å². The van der Waals surface area contributed by atoms with Gasteiger partial charge in [0.25, 0.3) is 0 Å². The van der Waals surface area contributed by atoms with Crippen molar-refractivity contribution in [2.45, 2.75) is 38.5 Å². The van der Waals surface area contributed by atoms with Gasteiger partial charge in [0.2, 0.25) is 0 Å². The van der Waals surface area contributed by atoms with Crippen LogP contribution in [0.15, 0.2) is 24.3 Å². The summed E-state index contributed by atoms with van der Waals surface area (Å²) in [6.07, 6.45) is 5.65. The lowest BCUT2D eigenvalue weighted by Gasteiger charge is -2.19. The van der Waals surface area contributed by atoms with Gasteiger partial charge in [-0.15, -0.1) is 11.3 Å². The lowest BCUT2D eigenvalue weighted by molar-refractivity contribution is 0.0696. The number of hydrogen-bond donors (Lipinski definition) is 2. The van der Waals surface area contributed by atoms with Crippen LogP contribution in [0.5, 0.6) is 5.75 Å². The summed E-state index contributed by atoms with van der Waals surface area (Å²) < 4.78 is 16.2. The molecule has 0 saturated heterocycles. The van der Waals surface area contributed by atoms with Crippen LogP contribution in [0.25, 0.3) is 5.57 Å². The Morgan fingerprint density at radius 2 is 2.24 bits per heavy atom. The number of carboxylic acids is 1. The first-order valence-corrected chi connectivity index (χ1v) is 11.0. The number of carboxylic acid groups (broad SMARTS) is 1. The second kappa shape index (κ2) is 8.74. The fourth-order valence-electron chi connectivity index (χ4n) is 3.46. The molecule has 0 bridgehead atoms. The molecule has 1 aromatic carbocycles. The quantitative estimate of drug-likeness (QED) is 0.621. The molecule has 2 heterocycles. The molecular formula is C20H23N3O4S2. The summed E-state index contributed by atoms with van der Waals surface area (Å²) in [5.41, 5.74) is 3.43. The Hall–Kier alpha value is -2.07. The number of rotatable bonds is 7. The van der Waals surface area contributed by atoms with E-state index in [0.717, 1.165) is 48.7 Å². The second-order valence-electron chi connectivity index (χ2n) is 6.96. The molecule has 0 radical (unpaired) electrons. The van der Waals surface area contributed by atoms with Gasteiger partial charge in [-0.1, -0.05) is 6.08 Å². The van der Waals surface area contributed by atoms with Gasteiger partial charge in [-0.3, -0.25) is 0 Å². The Kier molecular flexibility index (Phi) is 6.09. The molecule has 0 saturated carbocycles. The molecule has 9 heteroatoms. The number of aromatic carboxylic acids is 1. The van der Waals surface area contributed by atoms with Gasteiger partial charge >= 0.3 is 5.97 Å². The number of ether oxygens (including phenoxy) is 2. The van der Waals surface area contributed by atoms with Crippen molar-refractivity contribution in [1.82, 2.24) is 9.29 Å². The maximum absolute atomic E-state index is 11.1. The third-order valence-corrected chi connectivity index (χ3v) is 7.11. The van der Waals surface area contributed by atoms with E-state index in [-0.39, 0.29) is 5.56 Å². The maximum Gasteiger partial charge on any atom is 0.335 e. The minimum absolute atomic E-state index is 0.200. The van der Waals surface area contributed by atoms with E-state index in [1.807, 2.05) is 0 Å². The predicted molar refractivity (Wildman–Crippen MR) is 115 cm³/mol. The van der Waals surface area contributed by atoms with Crippen molar-refractivity contribution in [3.63, 3.8) is 0 Å². The van der Waals surface area contributed by atoms with E-state index < -0.39 is 5.97 Å². The zero-order valence-corrected chi connectivity index (χ0v) is 17.9. The molecule has 0 spiro atoms. The highest BCUT2D eigenvalue weighted by Crippen LogP contribution is 2.38. The predicted octanol–water partition coefficient (Wildman–Crippen LogP) is 4.42. The molecular weight excluding hydrogens is 410 g/mol. The number of carbonyl (C=O) groups is 1. The molecule has 2 aliphatic rings. The van der Waals surface area contributed by atoms with Crippen molar-refractivity contribution >= 4 is 40.7 Å². The zero-order valence-electron chi connectivity index (χ0n) is 16.3. The fourth-order valence-corrected chi connectivity index (χ4v) is 5.47. The largest absolute Gasteiger partial charge is 0.495 e. The SMILES string of the molecule is COc1cc(C(=O)O)ccc1NSN1Cc2nc(C3=CCC(OC)CC3)sc2C1. The molecule has 7 nitrogen and oxygen atoms in total. The number of fused-ring (bicyclic) bond motifs is 1. The minimum atomic E-state index is -0.973. The minimum Gasteiger partial charge on any atom is -0.495 e. The number of aromatic nitrogens is 1. The molecule has 1 aliphatic carbocycles. The van der Waals surface area contributed by atoms with E-state index in [1.165, 1.54) is 35.8 Å². The first-order chi connectivity index (χ1) is 14.1. The zero-order chi connectivity index (χ0) is 20.4. The number of thiazole rings is 1. The summed E-state index contributed by atoms with van der Waals surface area (Å²) in [5, 5.41) is 10.3.